The van der Waals surface area contributed by atoms with Crippen molar-refractivity contribution in [2.24, 2.45) is 0 Å². The first kappa shape index (κ1) is 13.2. The standard InChI is InChI=1S/C11H16N2O4/c1-3-17-11-8-9(12(2)6-7-14)4-5-10(11)13(15)16/h4-5,8,14H,3,6-7H2,1-2H3. The molecule has 0 fully saturated rings. The molecule has 0 spiro atoms. The molecule has 6 heteroatoms. The number of aliphatic hydroxyl groups excluding tert-OH is 1. The van der Waals surface area contributed by atoms with Crippen LogP contribution in [0, 0.1) is 10.1 Å². The fraction of sp³-hybridized carbons (Fsp3) is 0.455. The molecule has 0 amide bonds. The number of rotatable bonds is 6. The molecule has 0 aromatic heterocycles. The van der Waals surface area contributed by atoms with E-state index in [1.54, 1.807) is 31.0 Å². The highest BCUT2D eigenvalue weighted by Gasteiger charge is 2.16. The Morgan fingerprint density at radius 1 is 1.53 bits per heavy atom. The van der Waals surface area contributed by atoms with Gasteiger partial charge in [-0.1, -0.05) is 0 Å². The Hall–Kier alpha value is -1.82. The summed E-state index contributed by atoms with van der Waals surface area (Å²) < 4.78 is 5.24. The Labute approximate surface area is 99.6 Å². The minimum atomic E-state index is -0.471. The maximum atomic E-state index is 10.8. The molecule has 0 unspecified atom stereocenters. The first-order valence-corrected chi connectivity index (χ1v) is 5.33. The number of nitrogens with zero attached hydrogens (tertiary/aromatic N) is 2. The molecule has 0 aliphatic heterocycles. The number of hydrogen-bond acceptors (Lipinski definition) is 5. The van der Waals surface area contributed by atoms with Crippen LogP contribution in [-0.2, 0) is 0 Å². The molecule has 0 atom stereocenters. The van der Waals surface area contributed by atoms with Crippen molar-refractivity contribution in [1.29, 1.82) is 0 Å². The van der Waals surface area contributed by atoms with Gasteiger partial charge in [-0.2, -0.15) is 0 Å². The van der Waals surface area contributed by atoms with Crippen LogP contribution in [0.1, 0.15) is 6.92 Å². The molecular weight excluding hydrogens is 224 g/mol. The van der Waals surface area contributed by atoms with Crippen LogP contribution < -0.4 is 9.64 Å². The van der Waals surface area contributed by atoms with Crippen LogP contribution in [0.4, 0.5) is 11.4 Å². The summed E-state index contributed by atoms with van der Waals surface area (Å²) in [7, 11) is 1.80. The van der Waals surface area contributed by atoms with Crippen molar-refractivity contribution in [2.45, 2.75) is 6.92 Å². The van der Waals surface area contributed by atoms with Crippen LogP contribution in [0.5, 0.6) is 5.75 Å². The largest absolute Gasteiger partial charge is 0.487 e. The van der Waals surface area contributed by atoms with E-state index in [1.807, 2.05) is 0 Å². The van der Waals surface area contributed by atoms with Gasteiger partial charge in [-0.3, -0.25) is 10.1 Å². The second-order valence-electron chi connectivity index (χ2n) is 3.49. The summed E-state index contributed by atoms with van der Waals surface area (Å²) in [6, 6.07) is 4.65. The predicted molar refractivity (Wildman–Crippen MR) is 64.6 cm³/mol. The summed E-state index contributed by atoms with van der Waals surface area (Å²) in [5.74, 6) is 0.250. The van der Waals surface area contributed by atoms with Gasteiger partial charge in [0.25, 0.3) is 0 Å². The van der Waals surface area contributed by atoms with Crippen molar-refractivity contribution in [3.05, 3.63) is 28.3 Å². The lowest BCUT2D eigenvalue weighted by atomic mass is 10.2. The Morgan fingerprint density at radius 2 is 2.24 bits per heavy atom. The lowest BCUT2D eigenvalue weighted by Gasteiger charge is -2.18. The van der Waals surface area contributed by atoms with E-state index in [4.69, 9.17) is 9.84 Å². The van der Waals surface area contributed by atoms with E-state index < -0.39 is 4.92 Å². The molecule has 0 saturated carbocycles. The maximum Gasteiger partial charge on any atom is 0.311 e. The summed E-state index contributed by atoms with van der Waals surface area (Å²) in [6.07, 6.45) is 0. The monoisotopic (exact) mass is 240 g/mol. The topological polar surface area (TPSA) is 75.8 Å². The van der Waals surface area contributed by atoms with Crippen LogP contribution in [0.25, 0.3) is 0 Å². The number of nitro groups is 1. The molecule has 1 aromatic carbocycles. The second-order valence-corrected chi connectivity index (χ2v) is 3.49. The third-order valence-electron chi connectivity index (χ3n) is 2.32. The first-order valence-electron chi connectivity index (χ1n) is 5.33. The fourth-order valence-corrected chi connectivity index (χ4v) is 1.44. The second kappa shape index (κ2) is 6.05. The van der Waals surface area contributed by atoms with E-state index in [0.29, 0.717) is 13.2 Å². The van der Waals surface area contributed by atoms with Gasteiger partial charge in [0.15, 0.2) is 5.75 Å². The van der Waals surface area contributed by atoms with E-state index in [2.05, 4.69) is 0 Å². The molecule has 0 aliphatic rings. The number of likely N-dealkylation sites (N-methyl/N-ethyl adjacent to an activating group) is 1. The van der Waals surface area contributed by atoms with Crippen LogP contribution in [0.15, 0.2) is 18.2 Å². The SMILES string of the molecule is CCOc1cc(N(C)CCO)ccc1[N+](=O)[O-]. The van der Waals surface area contributed by atoms with Crippen molar-refractivity contribution >= 4 is 11.4 Å². The smallest absolute Gasteiger partial charge is 0.311 e. The number of ether oxygens (including phenoxy) is 1. The van der Waals surface area contributed by atoms with Crippen molar-refractivity contribution < 1.29 is 14.8 Å². The summed E-state index contributed by atoms with van der Waals surface area (Å²) in [5.41, 5.74) is 0.723. The molecule has 0 heterocycles. The zero-order chi connectivity index (χ0) is 12.8. The Morgan fingerprint density at radius 3 is 2.76 bits per heavy atom. The maximum absolute atomic E-state index is 10.8. The molecule has 0 aliphatic carbocycles. The molecule has 0 saturated heterocycles. The van der Waals surface area contributed by atoms with E-state index in [1.165, 1.54) is 6.07 Å². The minimum Gasteiger partial charge on any atom is -0.487 e. The number of anilines is 1. The normalized spacial score (nSPS) is 10.1. The lowest BCUT2D eigenvalue weighted by molar-refractivity contribution is -0.385. The summed E-state index contributed by atoms with van der Waals surface area (Å²) in [4.78, 5) is 12.1. The number of benzene rings is 1. The lowest BCUT2D eigenvalue weighted by Crippen LogP contribution is -2.21. The zero-order valence-electron chi connectivity index (χ0n) is 9.92. The molecule has 1 N–H and O–H groups in total. The van der Waals surface area contributed by atoms with E-state index in [-0.39, 0.29) is 18.0 Å². The Balaban J connectivity index is 3.04. The number of nitro benzene ring substituents is 1. The van der Waals surface area contributed by atoms with E-state index in [9.17, 15) is 10.1 Å². The van der Waals surface area contributed by atoms with Gasteiger partial charge >= 0.3 is 5.69 Å². The van der Waals surface area contributed by atoms with Crippen molar-refractivity contribution in [3.63, 3.8) is 0 Å². The van der Waals surface area contributed by atoms with Crippen LogP contribution in [0.3, 0.4) is 0 Å². The van der Waals surface area contributed by atoms with Gasteiger partial charge in [-0.05, 0) is 13.0 Å². The summed E-state index contributed by atoms with van der Waals surface area (Å²) >= 11 is 0. The summed E-state index contributed by atoms with van der Waals surface area (Å²) in [5, 5.41) is 19.6. The summed E-state index contributed by atoms with van der Waals surface area (Å²) in [6.45, 7) is 2.63. The average molecular weight is 240 g/mol. The third-order valence-corrected chi connectivity index (χ3v) is 2.32. The average Bonchev–Trinajstić information content (AvgIpc) is 2.29. The number of aliphatic hydroxyl groups is 1. The van der Waals surface area contributed by atoms with Gasteiger partial charge in [0.2, 0.25) is 0 Å². The highest BCUT2D eigenvalue weighted by atomic mass is 16.6. The quantitative estimate of drug-likeness (QED) is 0.601. The first-order chi connectivity index (χ1) is 8.10. The molecule has 0 radical (unpaired) electrons. The van der Waals surface area contributed by atoms with Gasteiger partial charge in [0.05, 0.1) is 18.1 Å². The van der Waals surface area contributed by atoms with E-state index in [0.717, 1.165) is 5.69 Å². The molecular formula is C11H16N2O4. The van der Waals surface area contributed by atoms with Crippen LogP contribution in [-0.4, -0.2) is 36.8 Å². The van der Waals surface area contributed by atoms with Crippen molar-refractivity contribution in [1.82, 2.24) is 0 Å². The third kappa shape index (κ3) is 3.32. The highest BCUT2D eigenvalue weighted by Crippen LogP contribution is 2.31. The highest BCUT2D eigenvalue weighted by molar-refractivity contribution is 5.59. The molecule has 0 bridgehead atoms. The number of hydrogen-bond donors (Lipinski definition) is 1. The van der Waals surface area contributed by atoms with Crippen LogP contribution in [0.2, 0.25) is 0 Å². The van der Waals surface area contributed by atoms with Gasteiger partial charge in [-0.15, -0.1) is 0 Å². The van der Waals surface area contributed by atoms with Gasteiger partial charge in [0, 0.05) is 31.4 Å². The van der Waals surface area contributed by atoms with Gasteiger partial charge in [-0.25, -0.2) is 0 Å². The molecule has 17 heavy (non-hydrogen) atoms. The fourth-order valence-electron chi connectivity index (χ4n) is 1.44. The van der Waals surface area contributed by atoms with Gasteiger partial charge in [0.1, 0.15) is 0 Å². The Kier molecular flexibility index (Phi) is 4.71. The van der Waals surface area contributed by atoms with Crippen molar-refractivity contribution in [3.8, 4) is 5.75 Å². The van der Waals surface area contributed by atoms with Crippen molar-refractivity contribution in [2.75, 3.05) is 31.7 Å². The minimum absolute atomic E-state index is 0.0253. The molecule has 6 nitrogen and oxygen atoms in total. The zero-order valence-corrected chi connectivity index (χ0v) is 9.92. The molecule has 1 aromatic rings. The molecule has 1 rings (SSSR count). The molecule has 94 valence electrons. The van der Waals surface area contributed by atoms with Crippen LogP contribution >= 0.6 is 0 Å². The predicted octanol–water partition coefficient (Wildman–Crippen LogP) is 1.42. The van der Waals surface area contributed by atoms with Gasteiger partial charge < -0.3 is 14.7 Å². The van der Waals surface area contributed by atoms with E-state index >= 15 is 0 Å². The Bertz CT molecular complexity index is 395.